The van der Waals surface area contributed by atoms with E-state index in [1.54, 1.807) is 12.1 Å². The highest BCUT2D eigenvalue weighted by Gasteiger charge is 2.39. The van der Waals surface area contributed by atoms with Gasteiger partial charge < -0.3 is 16.0 Å². The van der Waals surface area contributed by atoms with Gasteiger partial charge in [-0.05, 0) is 56.2 Å². The number of rotatable bonds is 5. The van der Waals surface area contributed by atoms with Gasteiger partial charge >= 0.3 is 0 Å². The molecule has 0 radical (unpaired) electrons. The minimum Gasteiger partial charge on any atom is -0.353 e. The van der Waals surface area contributed by atoms with Crippen LogP contribution >= 0.6 is 0 Å². The Hall–Kier alpha value is -3.18. The van der Waals surface area contributed by atoms with Gasteiger partial charge in [0.1, 0.15) is 6.04 Å². The van der Waals surface area contributed by atoms with Gasteiger partial charge in [0, 0.05) is 49.0 Å². The first-order valence-electron chi connectivity index (χ1n) is 11.7. The van der Waals surface area contributed by atoms with Crippen molar-refractivity contribution in [1.82, 2.24) is 15.5 Å². The summed E-state index contributed by atoms with van der Waals surface area (Å²) in [6.07, 6.45) is 6.06. The largest absolute Gasteiger partial charge is 0.353 e. The number of hydrogen-bond acceptors (Lipinski definition) is 5. The first-order valence-corrected chi connectivity index (χ1v) is 11.7. The summed E-state index contributed by atoms with van der Waals surface area (Å²) in [5.74, 6) is 5.39. The number of fused-ring (bicyclic) bond motifs is 1. The molecule has 1 unspecified atom stereocenters. The molecular weight excluding hydrogens is 420 g/mol. The van der Waals surface area contributed by atoms with Crippen LogP contribution in [0, 0.1) is 11.8 Å². The molecule has 174 valence electrons. The van der Waals surface area contributed by atoms with Gasteiger partial charge in [-0.3, -0.25) is 24.5 Å². The summed E-state index contributed by atoms with van der Waals surface area (Å²) in [6.45, 7) is 0.304. The number of carbonyl (C=O) groups is 4. The Bertz CT molecular complexity index is 1020. The summed E-state index contributed by atoms with van der Waals surface area (Å²) in [6, 6.07) is 5.27. The number of hydrogen-bond donors (Lipinski definition) is 3. The molecule has 1 saturated heterocycles. The zero-order valence-corrected chi connectivity index (χ0v) is 18.7. The average molecular weight is 451 g/mol. The predicted octanol–water partition coefficient (Wildman–Crippen LogP) is 1.36. The third-order valence-corrected chi connectivity index (χ3v) is 6.65. The number of nitrogens with two attached hydrogens (primary N) is 1. The maximum Gasteiger partial charge on any atom is 0.255 e. The predicted molar refractivity (Wildman–Crippen MR) is 122 cm³/mol. The Labute approximate surface area is 193 Å². The summed E-state index contributed by atoms with van der Waals surface area (Å²) in [7, 11) is 0. The quantitative estimate of drug-likeness (QED) is 0.355. The lowest BCUT2D eigenvalue weighted by Crippen LogP contribution is -2.52. The first-order chi connectivity index (χ1) is 15.9. The van der Waals surface area contributed by atoms with E-state index in [0.29, 0.717) is 37.8 Å². The van der Waals surface area contributed by atoms with Crippen molar-refractivity contribution in [3.8, 4) is 11.8 Å². The van der Waals surface area contributed by atoms with Crippen molar-refractivity contribution in [2.75, 3.05) is 0 Å². The number of nitrogens with one attached hydrogen (secondary N) is 2. The Kier molecular flexibility index (Phi) is 7.09. The molecule has 1 atom stereocenters. The van der Waals surface area contributed by atoms with Crippen LogP contribution in [0.2, 0.25) is 0 Å². The fraction of sp³-hybridized carbons (Fsp3) is 0.520. The molecule has 1 aromatic rings. The molecule has 1 saturated carbocycles. The molecule has 8 nitrogen and oxygen atoms in total. The van der Waals surface area contributed by atoms with E-state index in [1.165, 1.54) is 4.90 Å². The van der Waals surface area contributed by atoms with Crippen LogP contribution < -0.4 is 16.4 Å². The summed E-state index contributed by atoms with van der Waals surface area (Å²) >= 11 is 0. The van der Waals surface area contributed by atoms with E-state index in [1.807, 2.05) is 6.07 Å². The molecule has 2 aliphatic heterocycles. The smallest absolute Gasteiger partial charge is 0.255 e. The Morgan fingerprint density at radius 2 is 1.94 bits per heavy atom. The van der Waals surface area contributed by atoms with Crippen molar-refractivity contribution in [2.24, 2.45) is 5.73 Å². The molecular formula is C25H30N4O4. The standard InChI is InChI=1S/C25H30N4O4/c26-17-9-11-18(12-10-17)27-22(30)8-3-1-2-5-16-6-4-7-19-20(16)15-29(25(19)33)21-13-14-23(31)28-24(21)32/h4,6-7,17-18,21H,1,3,8-15,26H2,(H,27,30)(H,28,31,32)/t17-,18-,21?. The van der Waals surface area contributed by atoms with Crippen molar-refractivity contribution in [2.45, 2.75) is 82.5 Å². The molecule has 0 spiro atoms. The minimum absolute atomic E-state index is 0.0587. The van der Waals surface area contributed by atoms with Gasteiger partial charge in [0.05, 0.1) is 0 Å². The van der Waals surface area contributed by atoms with Crippen molar-refractivity contribution in [1.29, 1.82) is 0 Å². The lowest BCUT2D eigenvalue weighted by molar-refractivity contribution is -0.137. The van der Waals surface area contributed by atoms with E-state index < -0.39 is 11.9 Å². The topological polar surface area (TPSA) is 122 Å². The fourth-order valence-corrected chi connectivity index (χ4v) is 4.76. The zero-order chi connectivity index (χ0) is 23.4. The van der Waals surface area contributed by atoms with Gasteiger partial charge in [0.25, 0.3) is 5.91 Å². The summed E-state index contributed by atoms with van der Waals surface area (Å²) in [4.78, 5) is 50.2. The van der Waals surface area contributed by atoms with E-state index in [0.717, 1.165) is 36.8 Å². The van der Waals surface area contributed by atoms with Crippen molar-refractivity contribution in [3.63, 3.8) is 0 Å². The van der Waals surface area contributed by atoms with Crippen LogP contribution in [-0.2, 0) is 20.9 Å². The second kappa shape index (κ2) is 10.2. The monoisotopic (exact) mass is 450 g/mol. The third kappa shape index (κ3) is 5.42. The second-order valence-corrected chi connectivity index (χ2v) is 9.07. The summed E-state index contributed by atoms with van der Waals surface area (Å²) in [5.41, 5.74) is 8.04. The van der Waals surface area contributed by atoms with E-state index in [9.17, 15) is 19.2 Å². The number of benzene rings is 1. The molecule has 4 rings (SSSR count). The fourth-order valence-electron chi connectivity index (χ4n) is 4.76. The van der Waals surface area contributed by atoms with Crippen molar-refractivity contribution < 1.29 is 19.2 Å². The highest BCUT2D eigenvalue weighted by atomic mass is 16.2. The van der Waals surface area contributed by atoms with Crippen LogP contribution in [0.3, 0.4) is 0 Å². The van der Waals surface area contributed by atoms with E-state index in [4.69, 9.17) is 5.73 Å². The normalized spacial score (nSPS) is 24.6. The SMILES string of the molecule is N[C@H]1CC[C@H](NC(=O)CCCC#Cc2cccc3c2CN(C2CCC(=O)NC2=O)C3=O)CC1. The second-order valence-electron chi connectivity index (χ2n) is 9.07. The van der Waals surface area contributed by atoms with Gasteiger partial charge in [-0.2, -0.15) is 0 Å². The van der Waals surface area contributed by atoms with Crippen LogP contribution in [0.5, 0.6) is 0 Å². The summed E-state index contributed by atoms with van der Waals surface area (Å²) < 4.78 is 0. The maximum atomic E-state index is 12.9. The molecule has 1 aromatic carbocycles. The van der Waals surface area contributed by atoms with Crippen LogP contribution in [0.25, 0.3) is 0 Å². The lowest BCUT2D eigenvalue weighted by Gasteiger charge is -2.29. The van der Waals surface area contributed by atoms with Crippen LogP contribution in [0.15, 0.2) is 18.2 Å². The Morgan fingerprint density at radius 3 is 2.70 bits per heavy atom. The zero-order valence-electron chi connectivity index (χ0n) is 18.7. The number of nitrogens with zero attached hydrogens (tertiary/aromatic N) is 1. The number of imide groups is 1. The average Bonchev–Trinajstić information content (AvgIpc) is 3.12. The van der Waals surface area contributed by atoms with E-state index in [2.05, 4.69) is 22.5 Å². The molecule has 3 aliphatic rings. The minimum atomic E-state index is -0.637. The van der Waals surface area contributed by atoms with Gasteiger partial charge in [-0.1, -0.05) is 17.9 Å². The summed E-state index contributed by atoms with van der Waals surface area (Å²) in [5, 5.41) is 5.40. The highest BCUT2D eigenvalue weighted by molar-refractivity contribution is 6.05. The van der Waals surface area contributed by atoms with Crippen molar-refractivity contribution in [3.05, 3.63) is 34.9 Å². The molecule has 2 fully saturated rings. The molecule has 4 amide bonds. The molecule has 2 heterocycles. The molecule has 1 aliphatic carbocycles. The van der Waals surface area contributed by atoms with Gasteiger partial charge in [-0.25, -0.2) is 0 Å². The third-order valence-electron chi connectivity index (χ3n) is 6.65. The number of unbranched alkanes of at least 4 members (excludes halogenated alkanes) is 1. The van der Waals surface area contributed by atoms with Crippen molar-refractivity contribution >= 4 is 23.6 Å². The number of amides is 4. The van der Waals surface area contributed by atoms with Crippen LogP contribution in [0.4, 0.5) is 0 Å². The molecule has 4 N–H and O–H groups in total. The molecule has 8 heteroatoms. The number of carbonyl (C=O) groups excluding carboxylic acids is 4. The Balaban J connectivity index is 1.30. The maximum absolute atomic E-state index is 12.9. The number of piperidine rings is 1. The van der Waals surface area contributed by atoms with Crippen LogP contribution in [-0.4, -0.2) is 46.7 Å². The van der Waals surface area contributed by atoms with Gasteiger partial charge in [0.15, 0.2) is 0 Å². The Morgan fingerprint density at radius 1 is 1.15 bits per heavy atom. The van der Waals surface area contributed by atoms with E-state index >= 15 is 0 Å². The highest BCUT2D eigenvalue weighted by Crippen LogP contribution is 2.29. The lowest BCUT2D eigenvalue weighted by atomic mass is 9.92. The molecule has 0 bridgehead atoms. The molecule has 0 aromatic heterocycles. The van der Waals surface area contributed by atoms with Gasteiger partial charge in [0.2, 0.25) is 17.7 Å². The first kappa shape index (κ1) is 23.0. The van der Waals surface area contributed by atoms with Crippen LogP contribution in [0.1, 0.15) is 79.3 Å². The van der Waals surface area contributed by atoms with E-state index in [-0.39, 0.29) is 36.2 Å². The molecule has 33 heavy (non-hydrogen) atoms. The van der Waals surface area contributed by atoms with Gasteiger partial charge in [-0.15, -0.1) is 0 Å².